The first-order chi connectivity index (χ1) is 4.31. The van der Waals surface area contributed by atoms with Crippen molar-refractivity contribution in [3.05, 3.63) is 0 Å². The molecule has 9 heavy (non-hydrogen) atoms. The number of carbonyl (C=O) groups excluding carboxylic acids is 1. The van der Waals surface area contributed by atoms with Crippen LogP contribution in [0, 0.1) is 0 Å². The lowest BCUT2D eigenvalue weighted by molar-refractivity contribution is -0.131. The Morgan fingerprint density at radius 2 is 2.44 bits per heavy atom. The summed E-state index contributed by atoms with van der Waals surface area (Å²) in [7, 11) is 1.43. The lowest BCUT2D eigenvalue weighted by Crippen LogP contribution is -2.21. The Morgan fingerprint density at radius 1 is 1.78 bits per heavy atom. The lowest BCUT2D eigenvalue weighted by Gasteiger charge is -1.97. The number of hydroxylamine groups is 1. The van der Waals surface area contributed by atoms with Crippen LogP contribution in [-0.2, 0) is 9.63 Å². The first kappa shape index (κ1) is 9.16. The van der Waals surface area contributed by atoms with Gasteiger partial charge < -0.3 is 0 Å². The van der Waals surface area contributed by atoms with Crippen molar-refractivity contribution < 1.29 is 9.63 Å². The Kier molecular flexibility index (Phi) is 6.39. The molecule has 1 N–H and O–H groups in total. The van der Waals surface area contributed by atoms with Gasteiger partial charge in [0.25, 0.3) is 0 Å². The topological polar surface area (TPSA) is 38.3 Å². The van der Waals surface area contributed by atoms with Crippen LogP contribution in [0.2, 0.25) is 0 Å². The second-order valence-electron chi connectivity index (χ2n) is 1.52. The highest BCUT2D eigenvalue weighted by Gasteiger charge is 1.96. The van der Waals surface area contributed by atoms with Gasteiger partial charge in [-0.05, 0) is 6.42 Å². The van der Waals surface area contributed by atoms with E-state index in [-0.39, 0.29) is 5.91 Å². The fourth-order valence-electron chi connectivity index (χ4n) is 0.392. The number of alkyl halides is 1. The summed E-state index contributed by atoms with van der Waals surface area (Å²) in [5.41, 5.74) is 2.24. The van der Waals surface area contributed by atoms with Crippen molar-refractivity contribution in [1.29, 1.82) is 0 Å². The molecule has 54 valence electrons. The summed E-state index contributed by atoms with van der Waals surface area (Å²) in [6.45, 7) is 0. The highest BCUT2D eigenvalue weighted by molar-refractivity contribution is 14.1. The van der Waals surface area contributed by atoms with Gasteiger partial charge in [0.15, 0.2) is 0 Å². The van der Waals surface area contributed by atoms with Crippen molar-refractivity contribution in [2.75, 3.05) is 11.5 Å². The van der Waals surface area contributed by atoms with E-state index < -0.39 is 0 Å². The number of amides is 1. The van der Waals surface area contributed by atoms with E-state index in [1.54, 1.807) is 0 Å². The molecule has 0 fully saturated rings. The standard InChI is InChI=1S/C5H10INO2/c1-9-7-5(8)3-2-4-6/h2-4H2,1H3,(H,7,8). The van der Waals surface area contributed by atoms with E-state index in [2.05, 4.69) is 32.9 Å². The molecule has 0 unspecified atom stereocenters. The number of halogens is 1. The van der Waals surface area contributed by atoms with Crippen LogP contribution >= 0.6 is 22.6 Å². The predicted octanol–water partition coefficient (Wildman–Crippen LogP) is 0.879. The van der Waals surface area contributed by atoms with Crippen LogP contribution in [0.4, 0.5) is 0 Å². The third-order valence-electron chi connectivity index (χ3n) is 0.753. The zero-order valence-corrected chi connectivity index (χ0v) is 7.47. The van der Waals surface area contributed by atoms with Crippen molar-refractivity contribution in [1.82, 2.24) is 5.48 Å². The number of carbonyl (C=O) groups is 1. The van der Waals surface area contributed by atoms with E-state index in [0.29, 0.717) is 6.42 Å². The predicted molar refractivity (Wildman–Crippen MR) is 43.3 cm³/mol. The minimum atomic E-state index is -0.0471. The molecule has 0 spiro atoms. The van der Waals surface area contributed by atoms with Gasteiger partial charge in [-0.25, -0.2) is 5.48 Å². The van der Waals surface area contributed by atoms with Gasteiger partial charge in [0.1, 0.15) is 0 Å². The molecule has 0 bridgehead atoms. The minimum Gasteiger partial charge on any atom is -0.277 e. The van der Waals surface area contributed by atoms with E-state index in [0.717, 1.165) is 10.8 Å². The SMILES string of the molecule is CONC(=O)CCCI. The zero-order valence-electron chi connectivity index (χ0n) is 5.32. The van der Waals surface area contributed by atoms with Gasteiger partial charge in [0.2, 0.25) is 5.91 Å². The monoisotopic (exact) mass is 243 g/mol. The average Bonchev–Trinajstić information content (AvgIpc) is 1.85. The van der Waals surface area contributed by atoms with Crippen LogP contribution in [0.1, 0.15) is 12.8 Å². The van der Waals surface area contributed by atoms with Gasteiger partial charge in [0, 0.05) is 10.8 Å². The molecule has 0 aromatic rings. The van der Waals surface area contributed by atoms with E-state index in [9.17, 15) is 4.79 Å². The van der Waals surface area contributed by atoms with E-state index in [4.69, 9.17) is 0 Å². The molecule has 0 aromatic carbocycles. The number of hydrogen-bond acceptors (Lipinski definition) is 2. The van der Waals surface area contributed by atoms with Gasteiger partial charge in [-0.2, -0.15) is 0 Å². The number of rotatable bonds is 4. The highest BCUT2D eigenvalue weighted by atomic mass is 127. The maximum atomic E-state index is 10.6. The van der Waals surface area contributed by atoms with Gasteiger partial charge in [0.05, 0.1) is 7.11 Å². The summed E-state index contributed by atoms with van der Waals surface area (Å²) in [5, 5.41) is 0. The van der Waals surface area contributed by atoms with Crippen LogP contribution in [0.3, 0.4) is 0 Å². The second-order valence-corrected chi connectivity index (χ2v) is 2.60. The van der Waals surface area contributed by atoms with E-state index in [1.165, 1.54) is 7.11 Å². The van der Waals surface area contributed by atoms with Crippen LogP contribution in [0.25, 0.3) is 0 Å². The lowest BCUT2D eigenvalue weighted by atomic mass is 10.3. The molecule has 3 nitrogen and oxygen atoms in total. The molecular weight excluding hydrogens is 233 g/mol. The molecule has 4 heteroatoms. The summed E-state index contributed by atoms with van der Waals surface area (Å²) in [4.78, 5) is 15.0. The molecular formula is C5H10INO2. The maximum absolute atomic E-state index is 10.6. The Bertz CT molecular complexity index is 87.0. The van der Waals surface area contributed by atoms with Crippen molar-refractivity contribution in [3.8, 4) is 0 Å². The maximum Gasteiger partial charge on any atom is 0.243 e. The fraction of sp³-hybridized carbons (Fsp3) is 0.800. The fourth-order valence-corrected chi connectivity index (χ4v) is 0.774. The van der Waals surface area contributed by atoms with Crippen LogP contribution in [0.5, 0.6) is 0 Å². The molecule has 0 heterocycles. The molecule has 0 aromatic heterocycles. The Balaban J connectivity index is 3.06. The third-order valence-corrected chi connectivity index (χ3v) is 1.52. The molecule has 0 saturated carbocycles. The third kappa shape index (κ3) is 6.04. The molecule has 0 aliphatic rings. The molecule has 0 radical (unpaired) electrons. The smallest absolute Gasteiger partial charge is 0.243 e. The van der Waals surface area contributed by atoms with E-state index >= 15 is 0 Å². The normalized spacial score (nSPS) is 9.11. The summed E-state index contributed by atoms with van der Waals surface area (Å²) < 4.78 is 1.01. The van der Waals surface area contributed by atoms with Crippen LogP contribution < -0.4 is 5.48 Å². The largest absolute Gasteiger partial charge is 0.277 e. The van der Waals surface area contributed by atoms with Gasteiger partial charge >= 0.3 is 0 Å². The highest BCUT2D eigenvalue weighted by Crippen LogP contribution is 1.93. The molecule has 0 rings (SSSR count). The summed E-state index contributed by atoms with van der Waals surface area (Å²) in [5.74, 6) is -0.0471. The van der Waals surface area contributed by atoms with Gasteiger partial charge in [-0.15, -0.1) is 0 Å². The number of nitrogens with one attached hydrogen (secondary N) is 1. The average molecular weight is 243 g/mol. The Labute approximate surface area is 68.2 Å². The van der Waals surface area contributed by atoms with Crippen molar-refractivity contribution in [2.24, 2.45) is 0 Å². The van der Waals surface area contributed by atoms with Gasteiger partial charge in [-0.1, -0.05) is 22.6 Å². The van der Waals surface area contributed by atoms with Crippen molar-refractivity contribution >= 4 is 28.5 Å². The second kappa shape index (κ2) is 6.28. The van der Waals surface area contributed by atoms with Crippen molar-refractivity contribution in [2.45, 2.75) is 12.8 Å². The van der Waals surface area contributed by atoms with Gasteiger partial charge in [-0.3, -0.25) is 9.63 Å². The molecule has 1 amide bonds. The van der Waals surface area contributed by atoms with E-state index in [1.807, 2.05) is 0 Å². The van der Waals surface area contributed by atoms with Crippen LogP contribution in [0.15, 0.2) is 0 Å². The molecule has 0 saturated heterocycles. The molecule has 0 aliphatic heterocycles. The molecule has 0 aliphatic carbocycles. The Morgan fingerprint density at radius 3 is 2.89 bits per heavy atom. The molecule has 0 atom stereocenters. The first-order valence-electron chi connectivity index (χ1n) is 2.69. The summed E-state index contributed by atoms with van der Waals surface area (Å²) in [6, 6.07) is 0. The minimum absolute atomic E-state index is 0.0471. The number of hydrogen-bond donors (Lipinski definition) is 1. The summed E-state index contributed by atoms with van der Waals surface area (Å²) in [6.07, 6.45) is 1.46. The quantitative estimate of drug-likeness (QED) is 0.452. The zero-order chi connectivity index (χ0) is 7.11. The Hall–Kier alpha value is 0.160. The van der Waals surface area contributed by atoms with Crippen LogP contribution in [-0.4, -0.2) is 17.4 Å². The first-order valence-corrected chi connectivity index (χ1v) is 4.21. The summed E-state index contributed by atoms with van der Waals surface area (Å²) >= 11 is 2.23. The van der Waals surface area contributed by atoms with Crippen molar-refractivity contribution in [3.63, 3.8) is 0 Å².